The first-order chi connectivity index (χ1) is 6.68. The number of amides is 1. The number of carbonyl (C=O) groups excluding carboxylic acids is 1. The van der Waals surface area contributed by atoms with E-state index in [4.69, 9.17) is 0 Å². The van der Waals surface area contributed by atoms with Crippen molar-refractivity contribution in [1.29, 1.82) is 0 Å². The summed E-state index contributed by atoms with van der Waals surface area (Å²) < 4.78 is 0. The Bertz CT molecular complexity index is 405. The zero-order chi connectivity index (χ0) is 10.1. The maximum atomic E-state index is 11.5. The molecule has 0 atom stereocenters. The van der Waals surface area contributed by atoms with Gasteiger partial charge < -0.3 is 5.32 Å². The highest BCUT2D eigenvalue weighted by Crippen LogP contribution is 2.24. The predicted octanol–water partition coefficient (Wildman–Crippen LogP) is 2.43. The molecule has 1 aliphatic rings. The summed E-state index contributed by atoms with van der Waals surface area (Å²) in [5.41, 5.74) is 2.74. The van der Waals surface area contributed by atoms with Crippen molar-refractivity contribution in [2.45, 2.75) is 13.8 Å². The van der Waals surface area contributed by atoms with E-state index < -0.39 is 0 Å². The highest BCUT2D eigenvalue weighted by molar-refractivity contribution is 6.09. The average Bonchev–Trinajstić information content (AvgIpc) is 2.44. The van der Waals surface area contributed by atoms with Crippen LogP contribution in [0.5, 0.6) is 0 Å². The van der Waals surface area contributed by atoms with E-state index in [2.05, 4.69) is 25.2 Å². The second-order valence-corrected chi connectivity index (χ2v) is 3.82. The van der Waals surface area contributed by atoms with Crippen LogP contribution in [0.25, 0.3) is 5.70 Å². The zero-order valence-corrected chi connectivity index (χ0v) is 8.37. The maximum absolute atomic E-state index is 11.5. The second-order valence-electron chi connectivity index (χ2n) is 3.82. The summed E-state index contributed by atoms with van der Waals surface area (Å²) in [5.74, 6) is 0.448. The minimum Gasteiger partial charge on any atom is -0.322 e. The fourth-order valence-electron chi connectivity index (χ4n) is 1.64. The van der Waals surface area contributed by atoms with Gasteiger partial charge in [0.25, 0.3) is 5.91 Å². The van der Waals surface area contributed by atoms with Crippen molar-refractivity contribution in [3.8, 4) is 0 Å². The summed E-state index contributed by atoms with van der Waals surface area (Å²) in [6.45, 7) is 4.19. The van der Waals surface area contributed by atoms with Crippen LogP contribution in [0.2, 0.25) is 0 Å². The fraction of sp³-hybridized carbons (Fsp3) is 0.250. The molecule has 1 heterocycles. The molecule has 0 unspecified atom stereocenters. The number of benzene rings is 1. The third kappa shape index (κ3) is 1.43. The summed E-state index contributed by atoms with van der Waals surface area (Å²) in [4.78, 5) is 11.5. The second kappa shape index (κ2) is 3.29. The predicted molar refractivity (Wildman–Crippen MR) is 56.7 cm³/mol. The van der Waals surface area contributed by atoms with E-state index in [1.165, 1.54) is 0 Å². The topological polar surface area (TPSA) is 29.1 Å². The summed E-state index contributed by atoms with van der Waals surface area (Å²) in [6.07, 6.45) is 2.07. The first-order valence-corrected chi connectivity index (χ1v) is 4.81. The van der Waals surface area contributed by atoms with Crippen LogP contribution in [-0.2, 0) is 0 Å². The van der Waals surface area contributed by atoms with Crippen LogP contribution in [0.4, 0.5) is 0 Å². The molecule has 0 saturated heterocycles. The molecule has 0 fully saturated rings. The third-order valence-corrected chi connectivity index (χ3v) is 2.21. The Balaban J connectivity index is 2.49. The standard InChI is InChI=1S/C12H13NO/c1-8(2)7-11-9-5-3-4-6-10(9)12(14)13-11/h3-8H,1-2H3,(H,13,14)/b11-7+. The number of carbonyl (C=O) groups is 1. The molecular formula is C12H13NO. The fourth-order valence-corrected chi connectivity index (χ4v) is 1.64. The van der Waals surface area contributed by atoms with Crippen molar-refractivity contribution in [1.82, 2.24) is 5.32 Å². The van der Waals surface area contributed by atoms with E-state index >= 15 is 0 Å². The summed E-state index contributed by atoms with van der Waals surface area (Å²) in [5, 5.41) is 2.87. The van der Waals surface area contributed by atoms with Crippen LogP contribution in [0.15, 0.2) is 30.3 Å². The Morgan fingerprint density at radius 3 is 2.50 bits per heavy atom. The van der Waals surface area contributed by atoms with Crippen LogP contribution >= 0.6 is 0 Å². The molecular weight excluding hydrogens is 174 g/mol. The van der Waals surface area contributed by atoms with Crippen LogP contribution in [0, 0.1) is 5.92 Å². The minimum atomic E-state index is 0.00694. The van der Waals surface area contributed by atoms with Crippen molar-refractivity contribution in [2.75, 3.05) is 0 Å². The van der Waals surface area contributed by atoms with Gasteiger partial charge in [0.2, 0.25) is 0 Å². The Labute approximate surface area is 83.6 Å². The third-order valence-electron chi connectivity index (χ3n) is 2.21. The quantitative estimate of drug-likeness (QED) is 0.718. The average molecular weight is 187 g/mol. The molecule has 1 N–H and O–H groups in total. The SMILES string of the molecule is CC(C)/C=C1/NC(=O)c2ccccc21. The van der Waals surface area contributed by atoms with E-state index in [0.717, 1.165) is 16.8 Å². The molecule has 2 nitrogen and oxygen atoms in total. The van der Waals surface area contributed by atoms with E-state index in [-0.39, 0.29) is 5.91 Å². The van der Waals surface area contributed by atoms with Gasteiger partial charge in [0.1, 0.15) is 0 Å². The monoisotopic (exact) mass is 187 g/mol. The lowest BCUT2D eigenvalue weighted by Crippen LogP contribution is -2.12. The first-order valence-electron chi connectivity index (χ1n) is 4.81. The smallest absolute Gasteiger partial charge is 0.256 e. The highest BCUT2D eigenvalue weighted by Gasteiger charge is 2.22. The summed E-state index contributed by atoms with van der Waals surface area (Å²) in [6, 6.07) is 7.66. The Morgan fingerprint density at radius 2 is 1.86 bits per heavy atom. The largest absolute Gasteiger partial charge is 0.322 e. The van der Waals surface area contributed by atoms with Gasteiger partial charge in [-0.25, -0.2) is 0 Å². The number of nitrogens with one attached hydrogen (secondary N) is 1. The molecule has 14 heavy (non-hydrogen) atoms. The lowest BCUT2D eigenvalue weighted by atomic mass is 10.1. The lowest BCUT2D eigenvalue weighted by molar-refractivity contribution is 0.0981. The van der Waals surface area contributed by atoms with Gasteiger partial charge in [-0.1, -0.05) is 38.1 Å². The molecule has 1 amide bonds. The Morgan fingerprint density at radius 1 is 1.21 bits per heavy atom. The molecule has 2 rings (SSSR count). The minimum absolute atomic E-state index is 0.00694. The number of hydrogen-bond donors (Lipinski definition) is 1. The molecule has 1 aromatic carbocycles. The molecule has 0 bridgehead atoms. The van der Waals surface area contributed by atoms with E-state index in [1.54, 1.807) is 0 Å². The molecule has 0 radical (unpaired) electrons. The molecule has 1 aromatic rings. The van der Waals surface area contributed by atoms with E-state index in [1.807, 2.05) is 24.3 Å². The summed E-state index contributed by atoms with van der Waals surface area (Å²) >= 11 is 0. The number of allylic oxidation sites excluding steroid dienone is 1. The van der Waals surface area contributed by atoms with Crippen LogP contribution in [0.1, 0.15) is 29.8 Å². The highest BCUT2D eigenvalue weighted by atomic mass is 16.1. The zero-order valence-electron chi connectivity index (χ0n) is 8.37. The van der Waals surface area contributed by atoms with Crippen molar-refractivity contribution >= 4 is 11.6 Å². The Hall–Kier alpha value is -1.57. The van der Waals surface area contributed by atoms with Gasteiger partial charge >= 0.3 is 0 Å². The van der Waals surface area contributed by atoms with Crippen LogP contribution in [0.3, 0.4) is 0 Å². The van der Waals surface area contributed by atoms with Gasteiger partial charge in [-0.15, -0.1) is 0 Å². The first kappa shape index (κ1) is 9.00. The molecule has 0 saturated carbocycles. The van der Waals surface area contributed by atoms with Gasteiger partial charge in [-0.05, 0) is 12.0 Å². The van der Waals surface area contributed by atoms with Gasteiger partial charge in [-0.2, -0.15) is 0 Å². The number of rotatable bonds is 1. The van der Waals surface area contributed by atoms with E-state index in [0.29, 0.717) is 5.92 Å². The van der Waals surface area contributed by atoms with E-state index in [9.17, 15) is 4.79 Å². The van der Waals surface area contributed by atoms with Crippen molar-refractivity contribution in [3.63, 3.8) is 0 Å². The van der Waals surface area contributed by atoms with Gasteiger partial charge in [0, 0.05) is 16.8 Å². The number of fused-ring (bicyclic) bond motifs is 1. The Kier molecular flexibility index (Phi) is 2.12. The number of hydrogen-bond acceptors (Lipinski definition) is 1. The molecule has 0 aliphatic carbocycles. The molecule has 0 spiro atoms. The van der Waals surface area contributed by atoms with Crippen molar-refractivity contribution < 1.29 is 4.79 Å². The maximum Gasteiger partial charge on any atom is 0.256 e. The van der Waals surface area contributed by atoms with Crippen LogP contribution in [-0.4, -0.2) is 5.91 Å². The molecule has 72 valence electrons. The van der Waals surface area contributed by atoms with Crippen molar-refractivity contribution in [3.05, 3.63) is 41.5 Å². The van der Waals surface area contributed by atoms with Crippen LogP contribution < -0.4 is 5.32 Å². The lowest BCUT2D eigenvalue weighted by Gasteiger charge is -2.01. The molecule has 1 aliphatic heterocycles. The normalized spacial score (nSPS) is 17.4. The molecule has 2 heteroatoms. The van der Waals surface area contributed by atoms with Gasteiger partial charge in [0.15, 0.2) is 0 Å². The summed E-state index contributed by atoms with van der Waals surface area (Å²) in [7, 11) is 0. The van der Waals surface area contributed by atoms with Gasteiger partial charge in [-0.3, -0.25) is 4.79 Å². The van der Waals surface area contributed by atoms with Gasteiger partial charge in [0.05, 0.1) is 0 Å². The molecule has 0 aromatic heterocycles. The van der Waals surface area contributed by atoms with Crippen molar-refractivity contribution in [2.24, 2.45) is 5.92 Å².